The molecule has 0 atom stereocenters. The summed E-state index contributed by atoms with van der Waals surface area (Å²) in [6, 6.07) is 7.50. The molecule has 0 saturated carbocycles. The Kier molecular flexibility index (Phi) is 2.71. The number of fused-ring (bicyclic) bond motifs is 1. The smallest absolute Gasteiger partial charge is 0.341 e. The monoisotopic (exact) mass is 272 g/mol. The lowest BCUT2D eigenvalue weighted by Crippen LogP contribution is -1.98. The van der Waals surface area contributed by atoms with Crippen LogP contribution in [0.3, 0.4) is 0 Å². The average Bonchev–Trinajstić information content (AvgIpc) is 3.03. The van der Waals surface area contributed by atoms with Crippen molar-refractivity contribution in [2.45, 2.75) is 0 Å². The van der Waals surface area contributed by atoms with Gasteiger partial charge in [0.25, 0.3) is 0 Å². The highest BCUT2D eigenvalue weighted by Gasteiger charge is 2.20. The van der Waals surface area contributed by atoms with Gasteiger partial charge in [-0.3, -0.25) is 0 Å². The van der Waals surface area contributed by atoms with Gasteiger partial charge < -0.3 is 18.9 Å². The number of carboxylic acids is 1. The Labute approximate surface area is 114 Å². The summed E-state index contributed by atoms with van der Waals surface area (Å²) < 4.78 is 12.1. The van der Waals surface area contributed by atoms with Crippen LogP contribution in [-0.4, -0.2) is 27.9 Å². The first-order valence-corrected chi connectivity index (χ1v) is 5.93. The molecule has 0 aliphatic carbocycles. The van der Waals surface area contributed by atoms with Gasteiger partial charge in [-0.15, -0.1) is 0 Å². The molecule has 0 amide bonds. The maximum atomic E-state index is 11.2. The largest absolute Gasteiger partial charge is 0.497 e. The fourth-order valence-corrected chi connectivity index (χ4v) is 2.25. The number of aryl methyl sites for hydroxylation is 1. The fourth-order valence-electron chi connectivity index (χ4n) is 2.25. The molecule has 0 unspecified atom stereocenters. The second kappa shape index (κ2) is 4.41. The fraction of sp³-hybridized carbons (Fsp3) is 0.143. The van der Waals surface area contributed by atoms with Gasteiger partial charge in [0.05, 0.1) is 19.0 Å². The second-order valence-corrected chi connectivity index (χ2v) is 4.39. The van der Waals surface area contributed by atoms with Gasteiger partial charge in [0, 0.05) is 18.0 Å². The van der Waals surface area contributed by atoms with Crippen LogP contribution in [0.15, 0.2) is 35.0 Å². The van der Waals surface area contributed by atoms with Gasteiger partial charge in [-0.05, 0) is 24.3 Å². The topological polar surface area (TPSA) is 77.5 Å². The number of hydrogen-bond donors (Lipinski definition) is 1. The van der Waals surface area contributed by atoms with Crippen molar-refractivity contribution >= 4 is 16.9 Å². The molecule has 3 rings (SSSR count). The minimum Gasteiger partial charge on any atom is -0.497 e. The minimum atomic E-state index is -1.07. The Morgan fingerprint density at radius 2 is 2.20 bits per heavy atom. The summed E-state index contributed by atoms with van der Waals surface area (Å²) in [5.74, 6) is -0.0788. The molecule has 0 fully saturated rings. The number of carbonyl (C=O) groups is 1. The molecule has 2 aromatic heterocycles. The first-order valence-electron chi connectivity index (χ1n) is 5.93. The summed E-state index contributed by atoms with van der Waals surface area (Å²) in [5.41, 5.74) is 1.65. The minimum absolute atomic E-state index is 0.0443. The SMILES string of the molecule is COc1ccc2c(c1)cc(-c1oncc1C(=O)O)n2C. The molecule has 102 valence electrons. The van der Waals surface area contributed by atoms with Gasteiger partial charge >= 0.3 is 5.97 Å². The standard InChI is InChI=1S/C14H12N2O4/c1-16-11-4-3-9(19-2)5-8(11)6-12(16)13-10(14(17)18)7-15-20-13/h3-7H,1-2H3,(H,17,18). The van der Waals surface area contributed by atoms with Crippen LogP contribution >= 0.6 is 0 Å². The highest BCUT2D eigenvalue weighted by molar-refractivity contribution is 5.96. The van der Waals surface area contributed by atoms with E-state index in [0.717, 1.165) is 16.7 Å². The zero-order valence-electron chi connectivity index (χ0n) is 11.0. The number of hydrogen-bond acceptors (Lipinski definition) is 4. The van der Waals surface area contributed by atoms with Gasteiger partial charge in [0.2, 0.25) is 0 Å². The average molecular weight is 272 g/mol. The number of aromatic carboxylic acids is 1. The van der Waals surface area contributed by atoms with E-state index in [1.54, 1.807) is 7.11 Å². The van der Waals surface area contributed by atoms with Crippen LogP contribution < -0.4 is 4.74 Å². The van der Waals surface area contributed by atoms with Crippen LogP contribution in [0.4, 0.5) is 0 Å². The Morgan fingerprint density at radius 1 is 1.40 bits per heavy atom. The van der Waals surface area contributed by atoms with Crippen LogP contribution in [0.2, 0.25) is 0 Å². The number of methoxy groups -OCH3 is 1. The van der Waals surface area contributed by atoms with Crippen molar-refractivity contribution in [3.8, 4) is 17.2 Å². The van der Waals surface area contributed by atoms with Crippen molar-refractivity contribution in [3.05, 3.63) is 36.0 Å². The summed E-state index contributed by atoms with van der Waals surface area (Å²) in [5, 5.41) is 13.6. The molecule has 6 nitrogen and oxygen atoms in total. The maximum absolute atomic E-state index is 11.2. The van der Waals surface area contributed by atoms with Crippen molar-refractivity contribution in [2.75, 3.05) is 7.11 Å². The number of nitrogens with zero attached hydrogens (tertiary/aromatic N) is 2. The number of carboxylic acid groups (broad SMARTS) is 1. The van der Waals surface area contributed by atoms with E-state index in [1.807, 2.05) is 35.9 Å². The predicted molar refractivity (Wildman–Crippen MR) is 71.9 cm³/mol. The van der Waals surface area contributed by atoms with Gasteiger partial charge in [-0.25, -0.2) is 4.79 Å². The van der Waals surface area contributed by atoms with E-state index in [1.165, 1.54) is 6.20 Å². The molecular weight excluding hydrogens is 260 g/mol. The molecule has 0 bridgehead atoms. The van der Waals surface area contributed by atoms with Gasteiger partial charge in [-0.2, -0.15) is 0 Å². The molecule has 2 heterocycles. The van der Waals surface area contributed by atoms with Crippen LogP contribution in [0.25, 0.3) is 22.4 Å². The zero-order valence-corrected chi connectivity index (χ0v) is 11.0. The normalized spacial score (nSPS) is 10.9. The lowest BCUT2D eigenvalue weighted by molar-refractivity contribution is 0.0697. The van der Waals surface area contributed by atoms with Gasteiger partial charge in [0.15, 0.2) is 5.76 Å². The molecule has 3 aromatic rings. The molecule has 0 radical (unpaired) electrons. The van der Waals surface area contributed by atoms with E-state index >= 15 is 0 Å². The van der Waals surface area contributed by atoms with Crippen molar-refractivity contribution in [1.29, 1.82) is 0 Å². The van der Waals surface area contributed by atoms with Crippen LogP contribution in [0, 0.1) is 0 Å². The molecule has 20 heavy (non-hydrogen) atoms. The highest BCUT2D eigenvalue weighted by Crippen LogP contribution is 2.31. The molecular formula is C14H12N2O4. The van der Waals surface area contributed by atoms with E-state index in [-0.39, 0.29) is 11.3 Å². The van der Waals surface area contributed by atoms with Gasteiger partial charge in [0.1, 0.15) is 11.3 Å². The Morgan fingerprint density at radius 3 is 2.90 bits per heavy atom. The number of benzene rings is 1. The number of aromatic nitrogens is 2. The van der Waals surface area contributed by atoms with E-state index < -0.39 is 5.97 Å². The predicted octanol–water partition coefficient (Wildman–Crippen LogP) is 2.54. The molecule has 0 aliphatic heterocycles. The summed E-state index contributed by atoms with van der Waals surface area (Å²) in [6.45, 7) is 0. The quantitative estimate of drug-likeness (QED) is 0.792. The molecule has 1 aromatic carbocycles. The Bertz CT molecular complexity index is 801. The van der Waals surface area contributed by atoms with Crippen molar-refractivity contribution in [2.24, 2.45) is 7.05 Å². The molecule has 1 N–H and O–H groups in total. The summed E-state index contributed by atoms with van der Waals surface area (Å²) in [7, 11) is 3.45. The highest BCUT2D eigenvalue weighted by atomic mass is 16.5. The first-order chi connectivity index (χ1) is 9.61. The zero-order chi connectivity index (χ0) is 14.3. The van der Waals surface area contributed by atoms with E-state index in [4.69, 9.17) is 14.4 Å². The molecule has 0 saturated heterocycles. The lowest BCUT2D eigenvalue weighted by atomic mass is 10.2. The lowest BCUT2D eigenvalue weighted by Gasteiger charge is -2.02. The van der Waals surface area contributed by atoms with Crippen molar-refractivity contribution in [3.63, 3.8) is 0 Å². The molecule has 0 spiro atoms. The molecule has 0 aliphatic rings. The van der Waals surface area contributed by atoms with Crippen molar-refractivity contribution < 1.29 is 19.2 Å². The second-order valence-electron chi connectivity index (χ2n) is 4.39. The number of rotatable bonds is 3. The van der Waals surface area contributed by atoms with Crippen LogP contribution in [0.5, 0.6) is 5.75 Å². The Hall–Kier alpha value is -2.76. The van der Waals surface area contributed by atoms with E-state index in [0.29, 0.717) is 5.69 Å². The summed E-state index contributed by atoms with van der Waals surface area (Å²) in [6.07, 6.45) is 1.20. The van der Waals surface area contributed by atoms with Crippen LogP contribution in [0.1, 0.15) is 10.4 Å². The van der Waals surface area contributed by atoms with E-state index in [2.05, 4.69) is 5.16 Å². The third-order valence-electron chi connectivity index (χ3n) is 3.28. The number of ether oxygens (including phenoxy) is 1. The third-order valence-corrected chi connectivity index (χ3v) is 3.28. The third kappa shape index (κ3) is 1.73. The van der Waals surface area contributed by atoms with Crippen LogP contribution in [-0.2, 0) is 7.05 Å². The van der Waals surface area contributed by atoms with Gasteiger partial charge in [-0.1, -0.05) is 5.16 Å². The maximum Gasteiger partial charge on any atom is 0.341 e. The molecule has 6 heteroatoms. The summed E-state index contributed by atoms with van der Waals surface area (Å²) in [4.78, 5) is 11.2. The van der Waals surface area contributed by atoms with E-state index in [9.17, 15) is 4.79 Å². The summed E-state index contributed by atoms with van der Waals surface area (Å²) >= 11 is 0. The first kappa shape index (κ1) is 12.3. The van der Waals surface area contributed by atoms with Crippen molar-refractivity contribution in [1.82, 2.24) is 9.72 Å². The Balaban J connectivity index is 2.24.